The molecule has 0 saturated heterocycles. The van der Waals surface area contributed by atoms with E-state index < -0.39 is 11.9 Å². The van der Waals surface area contributed by atoms with Crippen molar-refractivity contribution in [2.45, 2.75) is 39.0 Å². The van der Waals surface area contributed by atoms with Crippen LogP contribution in [0.2, 0.25) is 0 Å². The minimum atomic E-state index is -0.865. The summed E-state index contributed by atoms with van der Waals surface area (Å²) in [5, 5.41) is 12.2. The molecule has 1 amide bonds. The van der Waals surface area contributed by atoms with E-state index in [9.17, 15) is 14.7 Å². The van der Waals surface area contributed by atoms with Crippen LogP contribution in [-0.4, -0.2) is 23.5 Å². The molecule has 1 aliphatic carbocycles. The fraction of sp³-hybridized carbons (Fsp3) is 0.529. The highest BCUT2D eigenvalue weighted by molar-refractivity contribution is 5.83. The number of carbonyl (C=O) groups excluding carboxylic acids is 1. The van der Waals surface area contributed by atoms with Crippen LogP contribution < -0.4 is 5.32 Å². The number of hydrogen-bond donors (Lipinski definition) is 2. The Hall–Kier alpha value is -1.84. The van der Waals surface area contributed by atoms with Gasteiger partial charge in [0, 0.05) is 12.0 Å². The normalized spacial score (nSPS) is 18.1. The van der Waals surface area contributed by atoms with Gasteiger partial charge in [-0.3, -0.25) is 9.59 Å². The highest BCUT2D eigenvalue weighted by atomic mass is 16.4. The third kappa shape index (κ3) is 4.06. The summed E-state index contributed by atoms with van der Waals surface area (Å²) < 4.78 is 0. The number of rotatable bonds is 6. The number of benzene rings is 1. The summed E-state index contributed by atoms with van der Waals surface area (Å²) >= 11 is 0. The van der Waals surface area contributed by atoms with Gasteiger partial charge in [-0.1, -0.05) is 50.1 Å². The molecule has 1 atom stereocenters. The third-order valence-corrected chi connectivity index (χ3v) is 4.44. The first-order valence-corrected chi connectivity index (χ1v) is 7.56. The van der Waals surface area contributed by atoms with Gasteiger partial charge in [-0.25, -0.2) is 0 Å². The maximum Gasteiger partial charge on any atom is 0.308 e. The molecule has 0 heterocycles. The van der Waals surface area contributed by atoms with Gasteiger partial charge in [0.05, 0.1) is 5.92 Å². The van der Waals surface area contributed by atoms with Crippen LogP contribution in [0.15, 0.2) is 30.3 Å². The van der Waals surface area contributed by atoms with Gasteiger partial charge in [0.25, 0.3) is 0 Å². The summed E-state index contributed by atoms with van der Waals surface area (Å²) in [6.07, 6.45) is 4.39. The fourth-order valence-electron chi connectivity index (χ4n) is 2.96. The number of carboxylic acid groups (broad SMARTS) is 1. The molecule has 0 aromatic heterocycles. The summed E-state index contributed by atoms with van der Waals surface area (Å²) in [6, 6.07) is 9.52. The second-order valence-electron chi connectivity index (χ2n) is 6.20. The molecule has 2 N–H and O–H groups in total. The van der Waals surface area contributed by atoms with Crippen LogP contribution in [0.5, 0.6) is 0 Å². The molecule has 1 fully saturated rings. The Labute approximate surface area is 125 Å². The summed E-state index contributed by atoms with van der Waals surface area (Å²) in [4.78, 5) is 23.6. The lowest BCUT2D eigenvalue weighted by Crippen LogP contribution is -2.41. The SMILES string of the molecule is CC1(C(=O)NCC(Cc2ccccc2)C(=O)O)CCCC1. The van der Waals surface area contributed by atoms with Gasteiger partial charge < -0.3 is 10.4 Å². The van der Waals surface area contributed by atoms with Crippen molar-refractivity contribution >= 4 is 11.9 Å². The van der Waals surface area contributed by atoms with Crippen molar-refractivity contribution in [3.05, 3.63) is 35.9 Å². The largest absolute Gasteiger partial charge is 0.481 e. The zero-order valence-corrected chi connectivity index (χ0v) is 12.5. The van der Waals surface area contributed by atoms with Crippen molar-refractivity contribution in [1.82, 2.24) is 5.32 Å². The lowest BCUT2D eigenvalue weighted by molar-refractivity contribution is -0.141. The van der Waals surface area contributed by atoms with Crippen LogP contribution in [0.25, 0.3) is 0 Å². The van der Waals surface area contributed by atoms with Gasteiger partial charge in [0.2, 0.25) is 5.91 Å². The average molecular weight is 289 g/mol. The lowest BCUT2D eigenvalue weighted by Gasteiger charge is -2.23. The van der Waals surface area contributed by atoms with E-state index in [1.54, 1.807) is 0 Å². The van der Waals surface area contributed by atoms with Crippen molar-refractivity contribution in [2.24, 2.45) is 11.3 Å². The Kier molecular flexibility index (Phi) is 4.99. The molecule has 21 heavy (non-hydrogen) atoms. The van der Waals surface area contributed by atoms with Crippen LogP contribution in [0.1, 0.15) is 38.2 Å². The van der Waals surface area contributed by atoms with Crippen molar-refractivity contribution < 1.29 is 14.7 Å². The number of amides is 1. The van der Waals surface area contributed by atoms with E-state index in [1.165, 1.54) is 0 Å². The molecule has 1 saturated carbocycles. The second-order valence-corrected chi connectivity index (χ2v) is 6.20. The Morgan fingerprint density at radius 1 is 1.24 bits per heavy atom. The first-order chi connectivity index (χ1) is 10.0. The van der Waals surface area contributed by atoms with E-state index in [4.69, 9.17) is 0 Å². The van der Waals surface area contributed by atoms with E-state index in [-0.39, 0.29) is 17.9 Å². The van der Waals surface area contributed by atoms with Gasteiger partial charge >= 0.3 is 5.97 Å². The molecule has 114 valence electrons. The van der Waals surface area contributed by atoms with E-state index in [0.29, 0.717) is 6.42 Å². The smallest absolute Gasteiger partial charge is 0.308 e. The molecular formula is C17H23NO3. The van der Waals surface area contributed by atoms with Crippen LogP contribution in [-0.2, 0) is 16.0 Å². The molecule has 4 nitrogen and oxygen atoms in total. The molecule has 2 rings (SSSR count). The van der Waals surface area contributed by atoms with Crippen molar-refractivity contribution in [1.29, 1.82) is 0 Å². The molecule has 1 aromatic rings. The minimum absolute atomic E-state index is 0.000637. The standard InChI is InChI=1S/C17H23NO3/c1-17(9-5-6-10-17)16(21)18-12-14(15(19)20)11-13-7-3-2-4-8-13/h2-4,7-8,14H,5-6,9-12H2,1H3,(H,18,21)(H,19,20). The number of nitrogens with one attached hydrogen (secondary N) is 1. The predicted octanol–water partition coefficient (Wildman–Crippen LogP) is 2.63. The molecule has 0 radical (unpaired) electrons. The summed E-state index contributed by atoms with van der Waals surface area (Å²) in [5.74, 6) is -1.45. The van der Waals surface area contributed by atoms with Gasteiger partial charge in [0.15, 0.2) is 0 Å². The van der Waals surface area contributed by atoms with Crippen LogP contribution in [0, 0.1) is 11.3 Å². The maximum atomic E-state index is 12.2. The molecule has 1 aliphatic rings. The quantitative estimate of drug-likeness (QED) is 0.846. The monoisotopic (exact) mass is 289 g/mol. The van der Waals surface area contributed by atoms with Gasteiger partial charge in [-0.15, -0.1) is 0 Å². The summed E-state index contributed by atoms with van der Waals surface area (Å²) in [5.41, 5.74) is 0.668. The van der Waals surface area contributed by atoms with Gasteiger partial charge in [-0.05, 0) is 24.8 Å². The number of aliphatic carboxylic acids is 1. The Bertz CT molecular complexity index is 492. The molecule has 0 aliphatic heterocycles. The Morgan fingerprint density at radius 3 is 2.43 bits per heavy atom. The summed E-state index contributed by atoms with van der Waals surface area (Å²) in [7, 11) is 0. The maximum absolute atomic E-state index is 12.2. The third-order valence-electron chi connectivity index (χ3n) is 4.44. The van der Waals surface area contributed by atoms with E-state index in [2.05, 4.69) is 5.32 Å². The first kappa shape index (κ1) is 15.5. The molecule has 1 unspecified atom stereocenters. The molecular weight excluding hydrogens is 266 g/mol. The molecule has 4 heteroatoms. The molecule has 1 aromatic carbocycles. The van der Waals surface area contributed by atoms with Gasteiger partial charge in [-0.2, -0.15) is 0 Å². The molecule has 0 spiro atoms. The predicted molar refractivity (Wildman–Crippen MR) is 80.9 cm³/mol. The zero-order valence-electron chi connectivity index (χ0n) is 12.5. The number of carbonyl (C=O) groups is 2. The Balaban J connectivity index is 1.91. The number of carboxylic acids is 1. The van der Waals surface area contributed by atoms with E-state index in [1.807, 2.05) is 37.3 Å². The highest BCUT2D eigenvalue weighted by Crippen LogP contribution is 2.37. The second kappa shape index (κ2) is 6.74. The number of hydrogen-bond acceptors (Lipinski definition) is 2. The van der Waals surface area contributed by atoms with Gasteiger partial charge in [0.1, 0.15) is 0 Å². The van der Waals surface area contributed by atoms with E-state index >= 15 is 0 Å². The van der Waals surface area contributed by atoms with E-state index in [0.717, 1.165) is 31.2 Å². The van der Waals surface area contributed by atoms with Crippen LogP contribution >= 0.6 is 0 Å². The zero-order chi connectivity index (χ0) is 15.3. The topological polar surface area (TPSA) is 66.4 Å². The first-order valence-electron chi connectivity index (χ1n) is 7.56. The van der Waals surface area contributed by atoms with Crippen molar-refractivity contribution in [3.63, 3.8) is 0 Å². The van der Waals surface area contributed by atoms with Crippen molar-refractivity contribution in [2.75, 3.05) is 6.54 Å². The average Bonchev–Trinajstić information content (AvgIpc) is 2.92. The lowest BCUT2D eigenvalue weighted by atomic mass is 9.87. The minimum Gasteiger partial charge on any atom is -0.481 e. The Morgan fingerprint density at radius 2 is 1.86 bits per heavy atom. The fourth-order valence-corrected chi connectivity index (χ4v) is 2.96. The summed E-state index contributed by atoms with van der Waals surface area (Å²) in [6.45, 7) is 2.17. The van der Waals surface area contributed by atoms with Crippen LogP contribution in [0.3, 0.4) is 0 Å². The van der Waals surface area contributed by atoms with Crippen molar-refractivity contribution in [3.8, 4) is 0 Å². The van der Waals surface area contributed by atoms with Crippen LogP contribution in [0.4, 0.5) is 0 Å². The highest BCUT2D eigenvalue weighted by Gasteiger charge is 2.36. The molecule has 0 bridgehead atoms.